The summed E-state index contributed by atoms with van der Waals surface area (Å²) < 4.78 is 39.3. The Balaban J connectivity index is 1.83. The maximum absolute atomic E-state index is 13.4. The summed E-state index contributed by atoms with van der Waals surface area (Å²) in [6.45, 7) is 2.36. The fourth-order valence-corrected chi connectivity index (χ4v) is 2.64. The number of carboxylic acids is 1. The van der Waals surface area contributed by atoms with Gasteiger partial charge in [0.05, 0.1) is 12.2 Å². The summed E-state index contributed by atoms with van der Waals surface area (Å²) in [5.41, 5.74) is -0.455. The number of carbonyl (C=O) groups excluding carboxylic acids is 1. The molecule has 1 saturated carbocycles. The number of aliphatic carboxylic acids is 1. The zero-order chi connectivity index (χ0) is 17.9. The Morgan fingerprint density at radius 3 is 2.42 bits per heavy atom. The maximum Gasteiger partial charge on any atom is 0.319 e. The van der Waals surface area contributed by atoms with E-state index in [1.807, 2.05) is 6.92 Å². The van der Waals surface area contributed by atoms with Gasteiger partial charge in [-0.1, -0.05) is 6.92 Å². The third-order valence-electron chi connectivity index (χ3n) is 3.97. The minimum Gasteiger partial charge on any atom is -0.480 e. The number of urea groups is 1. The van der Waals surface area contributed by atoms with Crippen molar-refractivity contribution in [1.29, 1.82) is 0 Å². The number of carbonyl (C=O) groups is 2. The normalized spacial score (nSPS) is 19.7. The van der Waals surface area contributed by atoms with Crippen molar-refractivity contribution in [3.63, 3.8) is 0 Å². The number of nitrogens with one attached hydrogen (secondary N) is 2. The van der Waals surface area contributed by atoms with Gasteiger partial charge < -0.3 is 15.7 Å². The Morgan fingerprint density at radius 1 is 1.21 bits per heavy atom. The van der Waals surface area contributed by atoms with E-state index in [1.165, 1.54) is 0 Å². The van der Waals surface area contributed by atoms with E-state index >= 15 is 0 Å². The molecule has 0 unspecified atom stereocenters. The molecule has 2 amide bonds. The number of carboxylic acid groups (broad SMARTS) is 1. The molecular weight excluding hydrogens is 327 g/mol. The smallest absolute Gasteiger partial charge is 0.319 e. The Hall–Kier alpha value is -2.29. The zero-order valence-electron chi connectivity index (χ0n) is 13.0. The van der Waals surface area contributed by atoms with Crippen molar-refractivity contribution in [2.75, 3.05) is 18.4 Å². The van der Waals surface area contributed by atoms with Crippen molar-refractivity contribution in [2.24, 2.45) is 0 Å². The lowest BCUT2D eigenvalue weighted by atomic mass is 9.85. The molecule has 1 aliphatic carbocycles. The standard InChI is InChI=1S/C15H18F3N3O3/c1-2-21(7-14(22)23)9-3-8(4-9)19-15(24)20-13-6-11(17)10(16)5-12(13)18/h5-6,8-9H,2-4,7H2,1H3,(H,22,23)(H2,19,20,24). The van der Waals surface area contributed by atoms with Crippen molar-refractivity contribution >= 4 is 17.7 Å². The highest BCUT2D eigenvalue weighted by Crippen LogP contribution is 2.26. The minimum absolute atomic E-state index is 0.0522. The van der Waals surface area contributed by atoms with Crippen molar-refractivity contribution < 1.29 is 27.9 Å². The second-order valence-electron chi connectivity index (χ2n) is 5.62. The first-order valence-corrected chi connectivity index (χ1v) is 7.48. The number of hydrogen-bond donors (Lipinski definition) is 3. The van der Waals surface area contributed by atoms with Crippen molar-refractivity contribution in [3.8, 4) is 0 Å². The molecule has 1 fully saturated rings. The van der Waals surface area contributed by atoms with Gasteiger partial charge in [0, 0.05) is 24.2 Å². The monoisotopic (exact) mass is 345 g/mol. The number of benzene rings is 1. The molecular formula is C15H18F3N3O3. The SMILES string of the molecule is CCN(CC(=O)O)C1CC(NC(=O)Nc2cc(F)c(F)cc2F)C1. The molecule has 1 aliphatic rings. The van der Waals surface area contributed by atoms with Crippen LogP contribution < -0.4 is 10.6 Å². The second-order valence-corrected chi connectivity index (χ2v) is 5.62. The Kier molecular flexibility index (Phi) is 5.66. The van der Waals surface area contributed by atoms with Crippen LogP contribution in [0.25, 0.3) is 0 Å². The number of nitrogens with zero attached hydrogens (tertiary/aromatic N) is 1. The van der Waals surface area contributed by atoms with E-state index in [4.69, 9.17) is 5.11 Å². The average Bonchev–Trinajstić information content (AvgIpc) is 2.45. The summed E-state index contributed by atoms with van der Waals surface area (Å²) in [6, 6.07) is 0.0572. The number of hydrogen-bond acceptors (Lipinski definition) is 3. The van der Waals surface area contributed by atoms with Crippen LogP contribution in [0.4, 0.5) is 23.7 Å². The number of likely N-dealkylation sites (N-methyl/N-ethyl adjacent to an activating group) is 1. The highest BCUT2D eigenvalue weighted by molar-refractivity contribution is 5.89. The van der Waals surface area contributed by atoms with Gasteiger partial charge in [0.2, 0.25) is 0 Å². The van der Waals surface area contributed by atoms with Gasteiger partial charge in [0.15, 0.2) is 11.6 Å². The number of rotatable bonds is 6. The van der Waals surface area contributed by atoms with E-state index in [1.54, 1.807) is 4.90 Å². The molecule has 0 bridgehead atoms. The quantitative estimate of drug-likeness (QED) is 0.690. The Labute approximate surface area is 136 Å². The first-order chi connectivity index (χ1) is 11.3. The number of amides is 2. The molecule has 3 N–H and O–H groups in total. The summed E-state index contributed by atoms with van der Waals surface area (Å²) in [6.07, 6.45) is 1.13. The van der Waals surface area contributed by atoms with Crippen LogP contribution in [0.2, 0.25) is 0 Å². The second kappa shape index (κ2) is 7.52. The molecule has 2 rings (SSSR count). The van der Waals surface area contributed by atoms with Crippen LogP contribution in [0.3, 0.4) is 0 Å². The van der Waals surface area contributed by atoms with Crippen LogP contribution in [-0.2, 0) is 4.79 Å². The van der Waals surface area contributed by atoms with E-state index in [0.29, 0.717) is 31.5 Å². The highest BCUT2D eigenvalue weighted by Gasteiger charge is 2.34. The third-order valence-corrected chi connectivity index (χ3v) is 3.97. The largest absolute Gasteiger partial charge is 0.480 e. The molecule has 6 nitrogen and oxygen atoms in total. The predicted octanol–water partition coefficient (Wildman–Crippen LogP) is 2.16. The molecule has 0 radical (unpaired) electrons. The number of anilines is 1. The summed E-state index contributed by atoms with van der Waals surface area (Å²) >= 11 is 0. The number of halogens is 3. The predicted molar refractivity (Wildman–Crippen MR) is 80.2 cm³/mol. The molecule has 9 heteroatoms. The summed E-state index contributed by atoms with van der Waals surface area (Å²) in [4.78, 5) is 24.3. The average molecular weight is 345 g/mol. The minimum atomic E-state index is -1.33. The van der Waals surface area contributed by atoms with Gasteiger partial charge in [-0.15, -0.1) is 0 Å². The van der Waals surface area contributed by atoms with Crippen LogP contribution in [0.5, 0.6) is 0 Å². The molecule has 0 aliphatic heterocycles. The van der Waals surface area contributed by atoms with Gasteiger partial charge in [-0.2, -0.15) is 0 Å². The summed E-state index contributed by atoms with van der Waals surface area (Å²) in [5.74, 6) is -4.59. The van der Waals surface area contributed by atoms with E-state index in [2.05, 4.69) is 10.6 Å². The van der Waals surface area contributed by atoms with Gasteiger partial charge in [0.25, 0.3) is 0 Å². The topological polar surface area (TPSA) is 81.7 Å². The maximum atomic E-state index is 13.4. The molecule has 1 aromatic carbocycles. The molecule has 0 spiro atoms. The van der Waals surface area contributed by atoms with Gasteiger partial charge in [-0.25, -0.2) is 18.0 Å². The Bertz CT molecular complexity index is 636. The highest BCUT2D eigenvalue weighted by atomic mass is 19.2. The van der Waals surface area contributed by atoms with Crippen molar-refractivity contribution in [3.05, 3.63) is 29.6 Å². The van der Waals surface area contributed by atoms with Crippen molar-refractivity contribution in [2.45, 2.75) is 31.8 Å². The zero-order valence-corrected chi connectivity index (χ0v) is 13.0. The van der Waals surface area contributed by atoms with Crippen LogP contribution in [0, 0.1) is 17.5 Å². The van der Waals surface area contributed by atoms with Crippen LogP contribution in [0.15, 0.2) is 12.1 Å². The first-order valence-electron chi connectivity index (χ1n) is 7.48. The van der Waals surface area contributed by atoms with E-state index in [9.17, 15) is 22.8 Å². The molecule has 132 valence electrons. The third kappa shape index (κ3) is 4.38. The molecule has 0 saturated heterocycles. The lowest BCUT2D eigenvalue weighted by molar-refractivity contribution is -0.139. The fraction of sp³-hybridized carbons (Fsp3) is 0.467. The van der Waals surface area contributed by atoms with Gasteiger partial charge in [0.1, 0.15) is 5.82 Å². The first kappa shape index (κ1) is 18.1. The fourth-order valence-electron chi connectivity index (χ4n) is 2.64. The summed E-state index contributed by atoms with van der Waals surface area (Å²) in [5, 5.41) is 13.5. The molecule has 1 aromatic rings. The molecule has 0 heterocycles. The molecule has 0 atom stereocenters. The lowest BCUT2D eigenvalue weighted by Crippen LogP contribution is -2.55. The van der Waals surface area contributed by atoms with Gasteiger partial charge >= 0.3 is 12.0 Å². The molecule has 24 heavy (non-hydrogen) atoms. The van der Waals surface area contributed by atoms with Crippen LogP contribution in [0.1, 0.15) is 19.8 Å². The lowest BCUT2D eigenvalue weighted by Gasteiger charge is -2.42. The van der Waals surface area contributed by atoms with E-state index < -0.39 is 35.1 Å². The van der Waals surface area contributed by atoms with Crippen molar-refractivity contribution in [1.82, 2.24) is 10.2 Å². The van der Waals surface area contributed by atoms with E-state index in [0.717, 1.165) is 0 Å². The van der Waals surface area contributed by atoms with E-state index in [-0.39, 0.29) is 18.6 Å². The molecule has 0 aromatic heterocycles. The Morgan fingerprint density at radius 2 is 1.83 bits per heavy atom. The van der Waals surface area contributed by atoms with Crippen LogP contribution >= 0.6 is 0 Å². The van der Waals surface area contributed by atoms with Gasteiger partial charge in [-0.05, 0) is 19.4 Å². The van der Waals surface area contributed by atoms with Crippen LogP contribution in [-0.4, -0.2) is 47.2 Å². The summed E-state index contributed by atoms with van der Waals surface area (Å²) in [7, 11) is 0. The van der Waals surface area contributed by atoms with Gasteiger partial charge in [-0.3, -0.25) is 9.69 Å².